The average Bonchev–Trinajstić information content (AvgIpc) is 2.48. The molecule has 1 aromatic rings. The third-order valence-corrected chi connectivity index (χ3v) is 4.24. The summed E-state index contributed by atoms with van der Waals surface area (Å²) < 4.78 is 5.18. The van der Waals surface area contributed by atoms with Gasteiger partial charge in [-0.1, -0.05) is 23.2 Å². The molecule has 21 heavy (non-hydrogen) atoms. The lowest BCUT2D eigenvalue weighted by Gasteiger charge is -2.33. The molecular formula is C13H14Cl2N2O4. The third kappa shape index (κ3) is 3.64. The fourth-order valence-corrected chi connectivity index (χ4v) is 2.40. The fourth-order valence-electron chi connectivity index (χ4n) is 2.13. The minimum Gasteiger partial charge on any atom is -0.481 e. The maximum absolute atomic E-state index is 12.0. The third-order valence-electron chi connectivity index (χ3n) is 3.55. The smallest absolute Gasteiger partial charge is 0.311 e. The first-order chi connectivity index (χ1) is 9.94. The normalized spacial score (nSPS) is 17.2. The molecule has 1 aromatic heterocycles. The van der Waals surface area contributed by atoms with Crippen LogP contribution in [-0.2, 0) is 9.53 Å². The highest BCUT2D eigenvalue weighted by Gasteiger charge is 2.40. The Hall–Kier alpha value is -1.37. The van der Waals surface area contributed by atoms with Crippen LogP contribution in [0.15, 0.2) is 12.3 Å². The summed E-state index contributed by atoms with van der Waals surface area (Å²) in [5.41, 5.74) is -0.755. The number of aliphatic carboxylic acids is 1. The number of carboxylic acids is 1. The summed E-state index contributed by atoms with van der Waals surface area (Å²) in [5.74, 6) is -1.37. The summed E-state index contributed by atoms with van der Waals surface area (Å²) in [7, 11) is 0. The second kappa shape index (κ2) is 6.60. The van der Waals surface area contributed by atoms with Crippen LogP contribution in [0.4, 0.5) is 0 Å². The van der Waals surface area contributed by atoms with Gasteiger partial charge in [0, 0.05) is 26.0 Å². The second-order valence-electron chi connectivity index (χ2n) is 4.88. The van der Waals surface area contributed by atoms with Gasteiger partial charge in [-0.15, -0.1) is 0 Å². The minimum atomic E-state index is -0.989. The minimum absolute atomic E-state index is 0.0325. The van der Waals surface area contributed by atoms with Crippen LogP contribution in [0.25, 0.3) is 0 Å². The van der Waals surface area contributed by atoms with Crippen molar-refractivity contribution in [2.24, 2.45) is 5.41 Å². The number of carbonyl (C=O) groups is 2. The summed E-state index contributed by atoms with van der Waals surface area (Å²) in [6.45, 7) is 0.776. The molecule has 0 saturated carbocycles. The molecule has 1 aliphatic rings. The molecule has 0 radical (unpaired) electrons. The van der Waals surface area contributed by atoms with Gasteiger partial charge in [-0.25, -0.2) is 4.98 Å². The van der Waals surface area contributed by atoms with E-state index in [0.29, 0.717) is 26.1 Å². The number of halogens is 2. The predicted octanol–water partition coefficient (Wildman–Crippen LogP) is 2.00. The van der Waals surface area contributed by atoms with Crippen LogP contribution in [0.3, 0.4) is 0 Å². The van der Waals surface area contributed by atoms with Crippen molar-refractivity contribution in [2.75, 3.05) is 19.8 Å². The Labute approximate surface area is 131 Å². The molecule has 0 bridgehead atoms. The fraction of sp³-hybridized carbons (Fsp3) is 0.462. The van der Waals surface area contributed by atoms with Crippen LogP contribution in [-0.4, -0.2) is 41.7 Å². The standard InChI is InChI=1S/C13H14Cl2N2O4/c14-9-5-8(6-16-10(9)15)11(18)17-7-13(12(19)20)1-3-21-4-2-13/h5-6H,1-4,7H2,(H,17,18)(H,19,20). The maximum atomic E-state index is 12.0. The number of amides is 1. The molecule has 0 aromatic carbocycles. The number of aromatic nitrogens is 1. The molecule has 1 aliphatic heterocycles. The average molecular weight is 333 g/mol. The number of nitrogens with one attached hydrogen (secondary N) is 1. The SMILES string of the molecule is O=C(NCC1(C(=O)O)CCOCC1)c1cnc(Cl)c(Cl)c1. The van der Waals surface area contributed by atoms with E-state index in [0.717, 1.165) is 0 Å². The van der Waals surface area contributed by atoms with E-state index in [2.05, 4.69) is 10.3 Å². The second-order valence-corrected chi connectivity index (χ2v) is 5.64. The summed E-state index contributed by atoms with van der Waals surface area (Å²) in [4.78, 5) is 27.3. The van der Waals surface area contributed by atoms with Gasteiger partial charge >= 0.3 is 5.97 Å². The Morgan fingerprint density at radius 2 is 2.05 bits per heavy atom. The first kappa shape index (κ1) is 16.0. The topological polar surface area (TPSA) is 88.5 Å². The first-order valence-electron chi connectivity index (χ1n) is 6.35. The lowest BCUT2D eigenvalue weighted by Crippen LogP contribution is -2.46. The zero-order valence-electron chi connectivity index (χ0n) is 11.1. The zero-order valence-corrected chi connectivity index (χ0v) is 12.6. The molecule has 1 amide bonds. The Bertz CT molecular complexity index is 559. The van der Waals surface area contributed by atoms with Crippen LogP contribution < -0.4 is 5.32 Å². The van der Waals surface area contributed by atoms with Crippen LogP contribution in [0.1, 0.15) is 23.2 Å². The quantitative estimate of drug-likeness (QED) is 0.823. The summed E-state index contributed by atoms with van der Waals surface area (Å²) in [6.07, 6.45) is 2.02. The van der Waals surface area contributed by atoms with E-state index in [9.17, 15) is 14.7 Å². The molecule has 114 valence electrons. The molecule has 1 fully saturated rings. The Morgan fingerprint density at radius 3 is 2.62 bits per heavy atom. The van der Waals surface area contributed by atoms with Gasteiger partial charge in [-0.2, -0.15) is 0 Å². The number of ether oxygens (including phenoxy) is 1. The van der Waals surface area contributed by atoms with Crippen molar-refractivity contribution in [3.05, 3.63) is 28.0 Å². The lowest BCUT2D eigenvalue weighted by atomic mass is 9.80. The summed E-state index contributed by atoms with van der Waals surface area (Å²) in [5, 5.41) is 12.3. The van der Waals surface area contributed by atoms with Crippen LogP contribution >= 0.6 is 23.2 Å². The number of hydrogen-bond donors (Lipinski definition) is 2. The highest BCUT2D eigenvalue weighted by molar-refractivity contribution is 6.41. The van der Waals surface area contributed by atoms with Crippen LogP contribution in [0, 0.1) is 5.41 Å². The van der Waals surface area contributed by atoms with Crippen LogP contribution in [0.5, 0.6) is 0 Å². The van der Waals surface area contributed by atoms with E-state index in [-0.39, 0.29) is 22.3 Å². The van der Waals surface area contributed by atoms with Gasteiger partial charge in [0.1, 0.15) is 5.15 Å². The molecular weight excluding hydrogens is 319 g/mol. The molecule has 6 nitrogen and oxygen atoms in total. The number of carbonyl (C=O) groups excluding carboxylic acids is 1. The van der Waals surface area contributed by atoms with Crippen molar-refractivity contribution in [1.82, 2.24) is 10.3 Å². The largest absolute Gasteiger partial charge is 0.481 e. The van der Waals surface area contributed by atoms with Gasteiger partial charge in [-0.05, 0) is 18.9 Å². The molecule has 0 aliphatic carbocycles. The number of hydrogen-bond acceptors (Lipinski definition) is 4. The molecule has 2 rings (SSSR count). The van der Waals surface area contributed by atoms with Gasteiger partial charge in [0.15, 0.2) is 0 Å². The Kier molecular flexibility index (Phi) is 5.03. The summed E-state index contributed by atoms with van der Waals surface area (Å²) in [6, 6.07) is 1.39. The monoisotopic (exact) mass is 332 g/mol. The van der Waals surface area contributed by atoms with Crippen molar-refractivity contribution >= 4 is 35.1 Å². The van der Waals surface area contributed by atoms with E-state index < -0.39 is 17.3 Å². The molecule has 0 atom stereocenters. The predicted molar refractivity (Wildman–Crippen MR) is 76.7 cm³/mol. The van der Waals surface area contributed by atoms with E-state index in [1.165, 1.54) is 12.3 Å². The van der Waals surface area contributed by atoms with Crippen LogP contribution in [0.2, 0.25) is 10.2 Å². The van der Waals surface area contributed by atoms with Crippen molar-refractivity contribution in [2.45, 2.75) is 12.8 Å². The van der Waals surface area contributed by atoms with Gasteiger partial charge in [-0.3, -0.25) is 9.59 Å². The van der Waals surface area contributed by atoms with Gasteiger partial charge in [0.25, 0.3) is 5.91 Å². The lowest BCUT2D eigenvalue weighted by molar-refractivity contribution is -0.154. The van der Waals surface area contributed by atoms with Crippen molar-refractivity contribution < 1.29 is 19.4 Å². The highest BCUT2D eigenvalue weighted by atomic mass is 35.5. The Morgan fingerprint density at radius 1 is 1.38 bits per heavy atom. The van der Waals surface area contributed by atoms with Gasteiger partial charge in [0.2, 0.25) is 0 Å². The first-order valence-corrected chi connectivity index (χ1v) is 7.11. The number of pyridine rings is 1. The highest BCUT2D eigenvalue weighted by Crippen LogP contribution is 2.30. The van der Waals surface area contributed by atoms with Crippen molar-refractivity contribution in [3.63, 3.8) is 0 Å². The maximum Gasteiger partial charge on any atom is 0.311 e. The van der Waals surface area contributed by atoms with Crippen molar-refractivity contribution in [1.29, 1.82) is 0 Å². The molecule has 1 saturated heterocycles. The zero-order chi connectivity index (χ0) is 15.5. The summed E-state index contributed by atoms with van der Waals surface area (Å²) >= 11 is 11.5. The molecule has 2 heterocycles. The van der Waals surface area contributed by atoms with E-state index in [4.69, 9.17) is 27.9 Å². The molecule has 8 heteroatoms. The Balaban J connectivity index is 2.05. The number of nitrogens with zero attached hydrogens (tertiary/aromatic N) is 1. The van der Waals surface area contributed by atoms with E-state index in [1.807, 2.05) is 0 Å². The van der Waals surface area contributed by atoms with E-state index in [1.54, 1.807) is 0 Å². The number of rotatable bonds is 4. The number of carboxylic acid groups (broad SMARTS) is 1. The molecule has 0 unspecified atom stereocenters. The molecule has 2 N–H and O–H groups in total. The van der Waals surface area contributed by atoms with Crippen molar-refractivity contribution in [3.8, 4) is 0 Å². The van der Waals surface area contributed by atoms with Gasteiger partial charge in [0.05, 0.1) is 16.0 Å². The molecule has 0 spiro atoms. The van der Waals surface area contributed by atoms with E-state index >= 15 is 0 Å². The van der Waals surface area contributed by atoms with Gasteiger partial charge < -0.3 is 15.2 Å².